The molecule has 2 amide bonds. The average molecular weight is 734 g/mol. The maximum atomic E-state index is 15.8. The molecule has 3 N–H and O–H groups in total. The van der Waals surface area contributed by atoms with Gasteiger partial charge in [0.05, 0.1) is 34.2 Å². The fourth-order valence-electron chi connectivity index (χ4n) is 7.32. The third-order valence-corrected chi connectivity index (χ3v) is 10.8. The van der Waals surface area contributed by atoms with Crippen LogP contribution in [0.25, 0.3) is 22.5 Å². The van der Waals surface area contributed by atoms with Gasteiger partial charge in [-0.05, 0) is 37.1 Å². The Morgan fingerprint density at radius 2 is 1.88 bits per heavy atom. The van der Waals surface area contributed by atoms with Gasteiger partial charge in [0.15, 0.2) is 11.6 Å². The van der Waals surface area contributed by atoms with Crippen LogP contribution < -0.4 is 20.7 Å². The maximum Gasteiger partial charge on any atom is 0.220 e. The van der Waals surface area contributed by atoms with E-state index in [1.54, 1.807) is 56.8 Å². The second-order valence-corrected chi connectivity index (χ2v) is 14.3. The molecule has 3 aromatic heterocycles. The topological polar surface area (TPSA) is 125 Å². The Morgan fingerprint density at radius 1 is 1.06 bits per heavy atom. The molecule has 0 saturated carbocycles. The van der Waals surface area contributed by atoms with Crippen LogP contribution in [-0.2, 0) is 22.7 Å². The molecule has 7 rings (SSSR count). The molecule has 4 aromatic rings. The Labute approximate surface area is 305 Å². The van der Waals surface area contributed by atoms with E-state index in [1.165, 1.54) is 0 Å². The Morgan fingerprint density at radius 3 is 2.63 bits per heavy atom. The van der Waals surface area contributed by atoms with Crippen LogP contribution in [-0.4, -0.2) is 82.4 Å². The van der Waals surface area contributed by atoms with Gasteiger partial charge in [-0.2, -0.15) is 0 Å². The molecule has 1 unspecified atom stereocenters. The van der Waals surface area contributed by atoms with Gasteiger partial charge in [-0.3, -0.25) is 19.5 Å². The number of hydrogen-bond acceptors (Lipinski definition) is 9. The van der Waals surface area contributed by atoms with Crippen LogP contribution in [0.3, 0.4) is 0 Å². The van der Waals surface area contributed by atoms with Crippen molar-refractivity contribution in [1.82, 2.24) is 35.4 Å². The van der Waals surface area contributed by atoms with E-state index in [0.717, 1.165) is 44.6 Å². The highest BCUT2D eigenvalue weighted by Gasteiger charge is 2.48. The van der Waals surface area contributed by atoms with Crippen LogP contribution >= 0.6 is 23.2 Å². The Kier molecular flexibility index (Phi) is 10.1. The lowest BCUT2D eigenvalue weighted by Crippen LogP contribution is -2.57. The number of likely N-dealkylation sites (tertiary alicyclic amines) is 2. The molecular weight excluding hydrogens is 694 g/mol. The number of aromatic nitrogens is 3. The van der Waals surface area contributed by atoms with E-state index in [9.17, 15) is 9.59 Å². The van der Waals surface area contributed by atoms with E-state index in [-0.39, 0.29) is 29.1 Å². The van der Waals surface area contributed by atoms with E-state index in [4.69, 9.17) is 32.9 Å². The van der Waals surface area contributed by atoms with Crippen molar-refractivity contribution >= 4 is 46.5 Å². The number of pyridine rings is 3. The number of benzene rings is 1. The number of nitrogens with one attached hydrogen (secondary N) is 3. The number of ether oxygens (including phenoxy) is 1. The highest BCUT2D eigenvalue weighted by atomic mass is 35.5. The second kappa shape index (κ2) is 14.7. The molecule has 3 saturated heterocycles. The second-order valence-electron chi connectivity index (χ2n) is 13.6. The van der Waals surface area contributed by atoms with Crippen molar-refractivity contribution in [3.05, 3.63) is 81.8 Å². The maximum absolute atomic E-state index is 15.8. The Hall–Kier alpha value is -4.36. The third-order valence-electron chi connectivity index (χ3n) is 9.96. The van der Waals surface area contributed by atoms with Crippen molar-refractivity contribution in [2.45, 2.75) is 45.3 Å². The van der Waals surface area contributed by atoms with E-state index >= 15 is 4.39 Å². The van der Waals surface area contributed by atoms with Crippen LogP contribution in [0.4, 0.5) is 15.9 Å². The van der Waals surface area contributed by atoms with Gasteiger partial charge in [-0.25, -0.2) is 14.4 Å². The summed E-state index contributed by atoms with van der Waals surface area (Å²) < 4.78 is 21.4. The summed E-state index contributed by atoms with van der Waals surface area (Å²) in [6.07, 6.45) is 5.57. The molecule has 51 heavy (non-hydrogen) atoms. The minimum atomic E-state index is -0.446. The minimum absolute atomic E-state index is 0.0667. The summed E-state index contributed by atoms with van der Waals surface area (Å²) in [7, 11) is 1.57. The summed E-state index contributed by atoms with van der Waals surface area (Å²) in [5, 5.41) is 10.1. The first-order valence-electron chi connectivity index (χ1n) is 17.0. The molecule has 1 spiro atoms. The van der Waals surface area contributed by atoms with Gasteiger partial charge in [-0.1, -0.05) is 41.4 Å². The molecule has 266 valence electrons. The van der Waals surface area contributed by atoms with E-state index in [1.807, 2.05) is 17.0 Å². The van der Waals surface area contributed by atoms with E-state index in [0.29, 0.717) is 75.7 Å². The SMILES string of the molecule is COc1nc(-c2ccnc(-c3cccc(Nc4nccc(CN5CC6(CCN(C(C)=O)C6)C5)c4F)c3Cl)c2Cl)ccc1CNCC1CCC(=O)N1. The predicted molar refractivity (Wildman–Crippen MR) is 194 cm³/mol. The molecule has 3 aliphatic heterocycles. The molecule has 3 fully saturated rings. The largest absolute Gasteiger partial charge is 0.481 e. The number of halogens is 3. The normalized spacial score (nSPS) is 18.2. The molecule has 14 heteroatoms. The first kappa shape index (κ1) is 35.1. The molecule has 1 aromatic carbocycles. The lowest BCUT2D eigenvalue weighted by atomic mass is 9.79. The number of carbonyl (C=O) groups excluding carboxylic acids is 2. The van der Waals surface area contributed by atoms with Crippen molar-refractivity contribution in [3.63, 3.8) is 0 Å². The summed E-state index contributed by atoms with van der Waals surface area (Å²) in [5.41, 5.74) is 4.19. The van der Waals surface area contributed by atoms with E-state index < -0.39 is 5.82 Å². The van der Waals surface area contributed by atoms with Gasteiger partial charge in [0.2, 0.25) is 17.7 Å². The van der Waals surface area contributed by atoms with E-state index in [2.05, 4.69) is 30.8 Å². The van der Waals surface area contributed by atoms with Crippen molar-refractivity contribution in [1.29, 1.82) is 0 Å². The van der Waals surface area contributed by atoms with Crippen LogP contribution in [0.2, 0.25) is 10.0 Å². The number of hydrogen-bond donors (Lipinski definition) is 3. The number of nitrogens with zero attached hydrogens (tertiary/aromatic N) is 5. The Balaban J connectivity index is 1.05. The molecule has 6 heterocycles. The molecule has 11 nitrogen and oxygen atoms in total. The number of amides is 2. The van der Waals surface area contributed by atoms with Gasteiger partial charge >= 0.3 is 0 Å². The zero-order valence-electron chi connectivity index (χ0n) is 28.4. The van der Waals surface area contributed by atoms with Gasteiger partial charge in [-0.15, -0.1) is 0 Å². The molecule has 0 bridgehead atoms. The van der Waals surface area contributed by atoms with Crippen molar-refractivity contribution < 1.29 is 18.7 Å². The van der Waals surface area contributed by atoms with Gasteiger partial charge in [0, 0.05) is 105 Å². The molecule has 0 radical (unpaired) electrons. The third kappa shape index (κ3) is 7.36. The summed E-state index contributed by atoms with van der Waals surface area (Å²) >= 11 is 13.9. The zero-order chi connectivity index (χ0) is 35.7. The van der Waals surface area contributed by atoms with Gasteiger partial charge < -0.3 is 25.6 Å². The predicted octanol–water partition coefficient (Wildman–Crippen LogP) is 5.83. The van der Waals surface area contributed by atoms with Gasteiger partial charge in [0.1, 0.15) is 0 Å². The lowest BCUT2D eigenvalue weighted by Gasteiger charge is -2.48. The molecule has 3 aliphatic rings. The van der Waals surface area contributed by atoms with Crippen LogP contribution in [0.1, 0.15) is 37.3 Å². The highest BCUT2D eigenvalue weighted by Crippen LogP contribution is 2.42. The van der Waals surface area contributed by atoms with Crippen LogP contribution in [0.15, 0.2) is 54.9 Å². The summed E-state index contributed by atoms with van der Waals surface area (Å²) in [6.45, 7) is 6.43. The summed E-state index contributed by atoms with van der Waals surface area (Å²) in [4.78, 5) is 41.0. The summed E-state index contributed by atoms with van der Waals surface area (Å²) in [5.74, 6) is 0.268. The molecule has 0 aliphatic carbocycles. The first-order valence-corrected chi connectivity index (χ1v) is 17.7. The number of carbonyl (C=O) groups is 2. The van der Waals surface area contributed by atoms with Crippen molar-refractivity contribution in [2.75, 3.05) is 45.2 Å². The van der Waals surface area contributed by atoms with Gasteiger partial charge in [0.25, 0.3) is 0 Å². The first-order chi connectivity index (χ1) is 24.6. The fourth-order valence-corrected chi connectivity index (χ4v) is 7.89. The Bertz CT molecular complexity index is 1970. The molecular formula is C37H39Cl2FN8O3. The quantitative estimate of drug-likeness (QED) is 0.175. The molecule has 1 atom stereocenters. The lowest BCUT2D eigenvalue weighted by molar-refractivity contribution is -0.129. The monoisotopic (exact) mass is 732 g/mol. The van der Waals surface area contributed by atoms with Crippen LogP contribution in [0, 0.1) is 11.2 Å². The number of rotatable bonds is 11. The van der Waals surface area contributed by atoms with Crippen molar-refractivity contribution in [2.24, 2.45) is 5.41 Å². The smallest absolute Gasteiger partial charge is 0.220 e. The fraction of sp³-hybridized carbons (Fsp3) is 0.378. The van der Waals surface area contributed by atoms with Crippen LogP contribution in [0.5, 0.6) is 5.88 Å². The minimum Gasteiger partial charge on any atom is -0.481 e. The summed E-state index contributed by atoms with van der Waals surface area (Å²) in [6, 6.07) is 12.7. The zero-order valence-corrected chi connectivity index (χ0v) is 30.0. The van der Waals surface area contributed by atoms with Crippen molar-refractivity contribution in [3.8, 4) is 28.4 Å². The number of methoxy groups -OCH3 is 1. The number of anilines is 2. The standard InChI is InChI=1S/C37H39Cl2FN8O3/c1-22(49)48-15-12-37(21-48)19-47(20-37)18-24-10-13-43-35(33(24)40)45-29-5-3-4-27(31(29)38)34-32(39)26(11-14-42-34)28-8-6-23(36(46-28)51-2)16-41-17-25-7-9-30(50)44-25/h3-6,8,10-11,13-14,25,41H,7,9,12,15-21H2,1-2H3,(H,43,45)(H,44,50). The average Bonchev–Trinajstić information content (AvgIpc) is 3.74. The highest BCUT2D eigenvalue weighted by molar-refractivity contribution is 6.39.